The third-order valence-electron chi connectivity index (χ3n) is 3.27. The highest BCUT2D eigenvalue weighted by atomic mass is 79.9. The Balaban J connectivity index is 2.30. The highest BCUT2D eigenvalue weighted by Crippen LogP contribution is 2.27. The van der Waals surface area contributed by atoms with E-state index in [9.17, 15) is 0 Å². The molecule has 2 rings (SSSR count). The molecule has 0 saturated heterocycles. The zero-order valence-corrected chi connectivity index (χ0v) is 14.1. The van der Waals surface area contributed by atoms with Crippen LogP contribution >= 0.6 is 15.9 Å². The molecule has 4 nitrogen and oxygen atoms in total. The molecule has 5 heteroatoms. The van der Waals surface area contributed by atoms with Crippen LogP contribution in [0.15, 0.2) is 34.9 Å². The lowest BCUT2D eigenvalue weighted by Crippen LogP contribution is -2.24. The molecule has 1 aromatic carbocycles. The third-order valence-corrected chi connectivity index (χ3v) is 3.76. The average Bonchev–Trinajstić information content (AvgIpc) is 2.47. The van der Waals surface area contributed by atoms with Crippen LogP contribution in [0.5, 0.6) is 5.75 Å². The van der Waals surface area contributed by atoms with E-state index in [4.69, 9.17) is 4.74 Å². The minimum Gasteiger partial charge on any atom is -0.496 e. The molecule has 0 spiro atoms. The highest BCUT2D eigenvalue weighted by molar-refractivity contribution is 9.10. The summed E-state index contributed by atoms with van der Waals surface area (Å²) >= 11 is 3.52. The van der Waals surface area contributed by atoms with E-state index in [-0.39, 0.29) is 6.04 Å². The maximum absolute atomic E-state index is 5.46. The molecular formula is C16H20BrN3O. The molecule has 1 aromatic heterocycles. The van der Waals surface area contributed by atoms with E-state index in [0.717, 1.165) is 40.3 Å². The van der Waals surface area contributed by atoms with Gasteiger partial charge in [-0.25, -0.2) is 9.97 Å². The molecule has 1 N–H and O–H groups in total. The molecule has 0 amide bonds. The second kappa shape index (κ2) is 7.52. The Morgan fingerprint density at radius 2 is 2.14 bits per heavy atom. The first kappa shape index (κ1) is 15.9. The van der Waals surface area contributed by atoms with Crippen LogP contribution < -0.4 is 10.1 Å². The summed E-state index contributed by atoms with van der Waals surface area (Å²) in [5, 5.41) is 3.48. The lowest BCUT2D eigenvalue weighted by Gasteiger charge is -2.19. The van der Waals surface area contributed by atoms with Gasteiger partial charge in [0.25, 0.3) is 0 Å². The lowest BCUT2D eigenvalue weighted by atomic mass is 10.0. The SMILES string of the molecule is CCNC(Cc1cc(Br)ccc1OC)c1ccnc(C)n1. The first-order chi connectivity index (χ1) is 10.1. The van der Waals surface area contributed by atoms with Crippen molar-refractivity contribution in [1.82, 2.24) is 15.3 Å². The molecule has 1 unspecified atom stereocenters. The Hall–Kier alpha value is -1.46. The molecule has 0 aliphatic heterocycles. The Bertz CT molecular complexity index is 604. The van der Waals surface area contributed by atoms with E-state index in [1.807, 2.05) is 25.1 Å². The zero-order valence-electron chi connectivity index (χ0n) is 12.6. The molecule has 1 heterocycles. The fraction of sp³-hybridized carbons (Fsp3) is 0.375. The van der Waals surface area contributed by atoms with Crippen molar-refractivity contribution in [2.24, 2.45) is 0 Å². The summed E-state index contributed by atoms with van der Waals surface area (Å²) in [4.78, 5) is 8.71. The fourth-order valence-electron chi connectivity index (χ4n) is 2.32. The predicted molar refractivity (Wildman–Crippen MR) is 87.6 cm³/mol. The van der Waals surface area contributed by atoms with Gasteiger partial charge >= 0.3 is 0 Å². The first-order valence-corrected chi connectivity index (χ1v) is 7.78. The summed E-state index contributed by atoms with van der Waals surface area (Å²) in [7, 11) is 1.70. The summed E-state index contributed by atoms with van der Waals surface area (Å²) < 4.78 is 6.51. The minimum atomic E-state index is 0.139. The summed E-state index contributed by atoms with van der Waals surface area (Å²) in [6.45, 7) is 4.88. The van der Waals surface area contributed by atoms with Gasteiger partial charge in [-0.2, -0.15) is 0 Å². The molecule has 21 heavy (non-hydrogen) atoms. The molecule has 0 aliphatic rings. The highest BCUT2D eigenvalue weighted by Gasteiger charge is 2.16. The van der Waals surface area contributed by atoms with Crippen LogP contribution in [-0.4, -0.2) is 23.6 Å². The summed E-state index contributed by atoms with van der Waals surface area (Å²) in [5.41, 5.74) is 2.15. The van der Waals surface area contributed by atoms with Crippen molar-refractivity contribution < 1.29 is 4.74 Å². The van der Waals surface area contributed by atoms with E-state index < -0.39 is 0 Å². The molecule has 0 aliphatic carbocycles. The second-order valence-electron chi connectivity index (χ2n) is 4.80. The van der Waals surface area contributed by atoms with Crippen LogP contribution in [0.3, 0.4) is 0 Å². The van der Waals surface area contributed by atoms with Crippen molar-refractivity contribution in [3.05, 3.63) is 52.0 Å². The third kappa shape index (κ3) is 4.25. The fourth-order valence-corrected chi connectivity index (χ4v) is 2.73. The normalized spacial score (nSPS) is 12.2. The molecule has 2 aromatic rings. The van der Waals surface area contributed by atoms with E-state index in [2.05, 4.69) is 44.2 Å². The maximum atomic E-state index is 5.46. The predicted octanol–water partition coefficient (Wildman–Crippen LogP) is 3.45. The molecule has 0 saturated carbocycles. The van der Waals surface area contributed by atoms with Gasteiger partial charge in [0, 0.05) is 10.7 Å². The van der Waals surface area contributed by atoms with E-state index >= 15 is 0 Å². The van der Waals surface area contributed by atoms with Crippen molar-refractivity contribution in [3.8, 4) is 5.75 Å². The number of nitrogens with zero attached hydrogens (tertiary/aromatic N) is 2. The van der Waals surface area contributed by atoms with Gasteiger partial charge in [-0.3, -0.25) is 0 Å². The minimum absolute atomic E-state index is 0.139. The van der Waals surface area contributed by atoms with Gasteiger partial charge in [0.05, 0.1) is 18.8 Å². The molecule has 0 bridgehead atoms. The van der Waals surface area contributed by atoms with E-state index in [1.54, 1.807) is 13.3 Å². The molecule has 0 fully saturated rings. The number of aromatic nitrogens is 2. The number of nitrogens with one attached hydrogen (secondary N) is 1. The van der Waals surface area contributed by atoms with E-state index in [0.29, 0.717) is 0 Å². The number of hydrogen-bond donors (Lipinski definition) is 1. The molecule has 112 valence electrons. The number of halogens is 1. The van der Waals surface area contributed by atoms with Gasteiger partial charge in [-0.15, -0.1) is 0 Å². The number of ether oxygens (including phenoxy) is 1. The number of rotatable bonds is 6. The Labute approximate surface area is 134 Å². The lowest BCUT2D eigenvalue weighted by molar-refractivity contribution is 0.405. The van der Waals surface area contributed by atoms with Crippen molar-refractivity contribution in [2.75, 3.05) is 13.7 Å². The van der Waals surface area contributed by atoms with Crippen LogP contribution in [0, 0.1) is 6.92 Å². The van der Waals surface area contributed by atoms with Gasteiger partial charge in [-0.05, 0) is 49.7 Å². The largest absolute Gasteiger partial charge is 0.496 e. The van der Waals surface area contributed by atoms with Crippen molar-refractivity contribution >= 4 is 15.9 Å². The summed E-state index contributed by atoms with van der Waals surface area (Å²) in [6.07, 6.45) is 2.62. The molecular weight excluding hydrogens is 330 g/mol. The molecule has 0 radical (unpaired) electrons. The van der Waals surface area contributed by atoms with Crippen LogP contribution in [-0.2, 0) is 6.42 Å². The number of methoxy groups -OCH3 is 1. The Kier molecular flexibility index (Phi) is 5.70. The van der Waals surface area contributed by atoms with Crippen LogP contribution in [0.4, 0.5) is 0 Å². The molecule has 1 atom stereocenters. The average molecular weight is 350 g/mol. The first-order valence-electron chi connectivity index (χ1n) is 6.99. The van der Waals surface area contributed by atoms with Crippen LogP contribution in [0.1, 0.15) is 30.0 Å². The van der Waals surface area contributed by atoms with Gasteiger partial charge in [-0.1, -0.05) is 22.9 Å². The quantitative estimate of drug-likeness (QED) is 0.867. The Morgan fingerprint density at radius 1 is 1.33 bits per heavy atom. The standard InChI is InChI=1S/C16H20BrN3O/c1-4-18-15(14-7-8-19-11(2)20-14)10-12-9-13(17)5-6-16(12)21-3/h5-9,15,18H,4,10H2,1-3H3. The van der Waals surface area contributed by atoms with Gasteiger partial charge in [0.15, 0.2) is 0 Å². The topological polar surface area (TPSA) is 47.0 Å². The van der Waals surface area contributed by atoms with Gasteiger partial charge in [0.2, 0.25) is 0 Å². The van der Waals surface area contributed by atoms with Crippen molar-refractivity contribution in [2.45, 2.75) is 26.3 Å². The van der Waals surface area contributed by atoms with Crippen LogP contribution in [0.25, 0.3) is 0 Å². The van der Waals surface area contributed by atoms with Crippen molar-refractivity contribution in [3.63, 3.8) is 0 Å². The smallest absolute Gasteiger partial charge is 0.125 e. The number of benzene rings is 1. The second-order valence-corrected chi connectivity index (χ2v) is 5.71. The summed E-state index contributed by atoms with van der Waals surface area (Å²) in [6, 6.07) is 8.16. The summed E-state index contributed by atoms with van der Waals surface area (Å²) in [5.74, 6) is 1.68. The van der Waals surface area contributed by atoms with Crippen LogP contribution in [0.2, 0.25) is 0 Å². The number of aryl methyl sites for hydroxylation is 1. The van der Waals surface area contributed by atoms with Gasteiger partial charge in [0.1, 0.15) is 11.6 Å². The zero-order chi connectivity index (χ0) is 15.2. The Morgan fingerprint density at radius 3 is 2.81 bits per heavy atom. The number of likely N-dealkylation sites (N-methyl/N-ethyl adjacent to an activating group) is 1. The maximum Gasteiger partial charge on any atom is 0.125 e. The van der Waals surface area contributed by atoms with Gasteiger partial charge < -0.3 is 10.1 Å². The number of hydrogen-bond acceptors (Lipinski definition) is 4. The monoisotopic (exact) mass is 349 g/mol. The van der Waals surface area contributed by atoms with E-state index in [1.165, 1.54) is 0 Å². The van der Waals surface area contributed by atoms with Crippen molar-refractivity contribution in [1.29, 1.82) is 0 Å².